The van der Waals surface area contributed by atoms with E-state index in [1.54, 1.807) is 0 Å². The van der Waals surface area contributed by atoms with Gasteiger partial charge < -0.3 is 10.1 Å². The highest BCUT2D eigenvalue weighted by molar-refractivity contribution is 5.22. The minimum absolute atomic E-state index is 0.0952. The lowest BCUT2D eigenvalue weighted by Crippen LogP contribution is -2.47. The Kier molecular flexibility index (Phi) is 4.85. The third kappa shape index (κ3) is 3.49. The first kappa shape index (κ1) is 14.4. The van der Waals surface area contributed by atoms with Crippen molar-refractivity contribution in [3.8, 4) is 0 Å². The van der Waals surface area contributed by atoms with E-state index >= 15 is 0 Å². The minimum atomic E-state index is -0.400. The van der Waals surface area contributed by atoms with Crippen molar-refractivity contribution >= 4 is 0 Å². The lowest BCUT2D eigenvalue weighted by molar-refractivity contribution is -0.0397. The van der Waals surface area contributed by atoms with Crippen molar-refractivity contribution in [2.45, 2.75) is 19.1 Å². The molecule has 2 rings (SSSR count). The molecule has 1 fully saturated rings. The standard InChI is InChI=1S/C14H20F2N2O/c1-10(13-7-11(15)3-4-14(13)16)18-5-6-19-12(9-18)8-17-2/h3-4,7,10,12,17H,5-6,8-9H2,1-2H3. The number of benzene rings is 1. The second-order valence-electron chi connectivity index (χ2n) is 4.89. The first-order valence-corrected chi connectivity index (χ1v) is 6.57. The molecular formula is C14H20F2N2O. The van der Waals surface area contributed by atoms with Gasteiger partial charge in [0.1, 0.15) is 11.6 Å². The van der Waals surface area contributed by atoms with Crippen LogP contribution in [0.4, 0.5) is 8.78 Å². The van der Waals surface area contributed by atoms with Gasteiger partial charge in [-0.25, -0.2) is 8.78 Å². The molecule has 1 N–H and O–H groups in total. The van der Waals surface area contributed by atoms with E-state index in [-0.39, 0.29) is 18.0 Å². The summed E-state index contributed by atoms with van der Waals surface area (Å²) >= 11 is 0. The van der Waals surface area contributed by atoms with Gasteiger partial charge in [0.25, 0.3) is 0 Å². The van der Waals surface area contributed by atoms with Crippen LogP contribution >= 0.6 is 0 Å². The van der Waals surface area contributed by atoms with Gasteiger partial charge in [0, 0.05) is 31.2 Å². The molecule has 0 bridgehead atoms. The molecule has 1 heterocycles. The normalized spacial score (nSPS) is 22.4. The summed E-state index contributed by atoms with van der Waals surface area (Å²) in [6.45, 7) is 4.73. The van der Waals surface area contributed by atoms with Gasteiger partial charge in [0.05, 0.1) is 12.7 Å². The predicted molar refractivity (Wildman–Crippen MR) is 70.0 cm³/mol. The van der Waals surface area contributed by atoms with Gasteiger partial charge in [0.2, 0.25) is 0 Å². The van der Waals surface area contributed by atoms with Gasteiger partial charge in [-0.2, -0.15) is 0 Å². The molecule has 0 saturated carbocycles. The molecule has 19 heavy (non-hydrogen) atoms. The van der Waals surface area contributed by atoms with Crippen molar-refractivity contribution < 1.29 is 13.5 Å². The zero-order valence-electron chi connectivity index (χ0n) is 11.3. The molecule has 2 unspecified atom stereocenters. The SMILES string of the molecule is CNCC1CN(C(C)c2cc(F)ccc2F)CCO1. The van der Waals surface area contributed by atoms with Gasteiger partial charge in [-0.15, -0.1) is 0 Å². The molecule has 0 amide bonds. The van der Waals surface area contributed by atoms with Crippen molar-refractivity contribution in [2.75, 3.05) is 33.3 Å². The van der Waals surface area contributed by atoms with Gasteiger partial charge in [-0.3, -0.25) is 4.90 Å². The Morgan fingerprint density at radius 1 is 1.47 bits per heavy atom. The average molecular weight is 270 g/mol. The van der Waals surface area contributed by atoms with E-state index in [9.17, 15) is 8.78 Å². The maximum atomic E-state index is 13.8. The molecule has 5 heteroatoms. The lowest BCUT2D eigenvalue weighted by atomic mass is 10.0. The summed E-state index contributed by atoms with van der Waals surface area (Å²) in [5.41, 5.74) is 0.408. The maximum Gasteiger partial charge on any atom is 0.128 e. The molecule has 0 spiro atoms. The summed E-state index contributed by atoms with van der Waals surface area (Å²) in [6.07, 6.45) is 0.0952. The quantitative estimate of drug-likeness (QED) is 0.905. The maximum absolute atomic E-state index is 13.8. The van der Waals surface area contributed by atoms with Crippen molar-refractivity contribution in [1.82, 2.24) is 10.2 Å². The largest absolute Gasteiger partial charge is 0.374 e. The fourth-order valence-electron chi connectivity index (χ4n) is 2.48. The van der Waals surface area contributed by atoms with E-state index in [0.717, 1.165) is 25.7 Å². The Bertz CT molecular complexity index is 426. The first-order valence-electron chi connectivity index (χ1n) is 6.57. The highest BCUT2D eigenvalue weighted by atomic mass is 19.1. The molecule has 1 aliphatic rings. The zero-order chi connectivity index (χ0) is 13.8. The summed E-state index contributed by atoms with van der Waals surface area (Å²) in [4.78, 5) is 2.13. The van der Waals surface area contributed by atoms with Gasteiger partial charge >= 0.3 is 0 Å². The Labute approximate surface area is 112 Å². The molecule has 0 aliphatic carbocycles. The molecule has 1 aromatic carbocycles. The fourth-order valence-corrected chi connectivity index (χ4v) is 2.48. The average Bonchev–Trinajstić information content (AvgIpc) is 2.41. The number of hydrogen-bond donors (Lipinski definition) is 1. The summed E-state index contributed by atoms with van der Waals surface area (Å²) in [7, 11) is 1.87. The molecular weight excluding hydrogens is 250 g/mol. The molecule has 106 valence electrons. The number of hydrogen-bond acceptors (Lipinski definition) is 3. The Hall–Kier alpha value is -1.04. The Balaban J connectivity index is 2.10. The topological polar surface area (TPSA) is 24.5 Å². The summed E-state index contributed by atoms with van der Waals surface area (Å²) in [6, 6.07) is 3.46. The molecule has 1 aromatic rings. The molecule has 1 aliphatic heterocycles. The van der Waals surface area contributed by atoms with Crippen LogP contribution in [-0.2, 0) is 4.74 Å². The second-order valence-corrected chi connectivity index (χ2v) is 4.89. The predicted octanol–water partition coefficient (Wildman–Crippen LogP) is 1.95. The number of nitrogens with zero attached hydrogens (tertiary/aromatic N) is 1. The number of ether oxygens (including phenoxy) is 1. The van der Waals surface area contributed by atoms with Gasteiger partial charge in [0.15, 0.2) is 0 Å². The van der Waals surface area contributed by atoms with E-state index < -0.39 is 5.82 Å². The number of morpholine rings is 1. The van der Waals surface area contributed by atoms with Crippen LogP contribution in [-0.4, -0.2) is 44.3 Å². The number of likely N-dealkylation sites (N-methyl/N-ethyl adjacent to an activating group) is 1. The van der Waals surface area contributed by atoms with Crippen LogP contribution < -0.4 is 5.32 Å². The Morgan fingerprint density at radius 3 is 3.00 bits per heavy atom. The summed E-state index contributed by atoms with van der Waals surface area (Å²) < 4.78 is 32.7. The molecule has 3 nitrogen and oxygen atoms in total. The van der Waals surface area contributed by atoms with Crippen LogP contribution in [0, 0.1) is 11.6 Å². The van der Waals surface area contributed by atoms with Crippen LogP contribution in [0.3, 0.4) is 0 Å². The van der Waals surface area contributed by atoms with E-state index in [2.05, 4.69) is 10.2 Å². The van der Waals surface area contributed by atoms with Crippen LogP contribution in [0.1, 0.15) is 18.5 Å². The first-order chi connectivity index (χ1) is 9.11. The Morgan fingerprint density at radius 2 is 2.26 bits per heavy atom. The summed E-state index contributed by atoms with van der Waals surface area (Å²) in [5, 5.41) is 3.07. The second kappa shape index (κ2) is 6.41. The molecule has 2 atom stereocenters. The number of rotatable bonds is 4. The highest BCUT2D eigenvalue weighted by Gasteiger charge is 2.26. The van der Waals surface area contributed by atoms with E-state index in [4.69, 9.17) is 4.74 Å². The molecule has 0 radical (unpaired) electrons. The van der Waals surface area contributed by atoms with Gasteiger partial charge in [-0.05, 0) is 32.2 Å². The van der Waals surface area contributed by atoms with Crippen LogP contribution in [0.5, 0.6) is 0 Å². The van der Waals surface area contributed by atoms with Crippen LogP contribution in [0.2, 0.25) is 0 Å². The van der Waals surface area contributed by atoms with E-state index in [1.165, 1.54) is 12.1 Å². The monoisotopic (exact) mass is 270 g/mol. The van der Waals surface area contributed by atoms with Crippen molar-refractivity contribution in [2.24, 2.45) is 0 Å². The third-order valence-electron chi connectivity index (χ3n) is 3.56. The van der Waals surface area contributed by atoms with Crippen LogP contribution in [0.15, 0.2) is 18.2 Å². The highest BCUT2D eigenvalue weighted by Crippen LogP contribution is 2.25. The fraction of sp³-hybridized carbons (Fsp3) is 0.571. The van der Waals surface area contributed by atoms with Crippen molar-refractivity contribution in [1.29, 1.82) is 0 Å². The smallest absolute Gasteiger partial charge is 0.128 e. The number of nitrogens with one attached hydrogen (secondary N) is 1. The van der Waals surface area contributed by atoms with Gasteiger partial charge in [-0.1, -0.05) is 0 Å². The lowest BCUT2D eigenvalue weighted by Gasteiger charge is -2.37. The van der Waals surface area contributed by atoms with Crippen molar-refractivity contribution in [3.63, 3.8) is 0 Å². The van der Waals surface area contributed by atoms with E-state index in [1.807, 2.05) is 14.0 Å². The third-order valence-corrected chi connectivity index (χ3v) is 3.56. The van der Waals surface area contributed by atoms with Crippen LogP contribution in [0.25, 0.3) is 0 Å². The van der Waals surface area contributed by atoms with E-state index in [0.29, 0.717) is 12.2 Å². The number of halogens is 2. The van der Waals surface area contributed by atoms with Crippen molar-refractivity contribution in [3.05, 3.63) is 35.4 Å². The minimum Gasteiger partial charge on any atom is -0.374 e. The summed E-state index contributed by atoms with van der Waals surface area (Å²) in [5.74, 6) is -0.756. The zero-order valence-corrected chi connectivity index (χ0v) is 11.3. The molecule has 0 aromatic heterocycles. The molecule has 1 saturated heterocycles.